The molecule has 0 unspecified atom stereocenters. The average molecular weight is 290 g/mol. The van der Waals surface area contributed by atoms with Crippen molar-refractivity contribution in [3.8, 4) is 0 Å². The molecule has 3 N–H and O–H groups in total. The maximum atomic E-state index is 12.4. The predicted octanol–water partition coefficient (Wildman–Crippen LogP) is 2.99. The molecule has 5 heteroatoms. The van der Waals surface area contributed by atoms with Crippen LogP contribution in [0.5, 0.6) is 0 Å². The lowest BCUT2D eigenvalue weighted by Crippen LogP contribution is -2.16. The van der Waals surface area contributed by atoms with E-state index >= 15 is 0 Å². The van der Waals surface area contributed by atoms with Crippen LogP contribution in [0.4, 0.5) is 11.4 Å². The van der Waals surface area contributed by atoms with Crippen molar-refractivity contribution in [3.05, 3.63) is 53.1 Å². The van der Waals surface area contributed by atoms with E-state index in [-0.39, 0.29) is 10.6 Å². The van der Waals surface area contributed by atoms with Crippen molar-refractivity contribution in [1.82, 2.24) is 0 Å². The van der Waals surface area contributed by atoms with Gasteiger partial charge >= 0.3 is 0 Å². The molecule has 0 saturated heterocycles. The van der Waals surface area contributed by atoms with Crippen LogP contribution < -0.4 is 10.5 Å². The third kappa shape index (κ3) is 2.77. The molecule has 0 saturated carbocycles. The molecular formula is C15H18N2O2S. The molecule has 0 atom stereocenters. The first-order chi connectivity index (χ1) is 9.31. The Morgan fingerprint density at radius 2 is 1.55 bits per heavy atom. The van der Waals surface area contributed by atoms with E-state index in [9.17, 15) is 8.42 Å². The van der Waals surface area contributed by atoms with Gasteiger partial charge in [0.1, 0.15) is 4.90 Å². The molecule has 4 nitrogen and oxygen atoms in total. The van der Waals surface area contributed by atoms with Gasteiger partial charge < -0.3 is 5.73 Å². The van der Waals surface area contributed by atoms with E-state index in [1.165, 1.54) is 6.07 Å². The van der Waals surface area contributed by atoms with Gasteiger partial charge in [-0.25, -0.2) is 8.42 Å². The number of sulfonamides is 1. The first-order valence-electron chi connectivity index (χ1n) is 6.26. The van der Waals surface area contributed by atoms with Crippen LogP contribution in [0.1, 0.15) is 16.7 Å². The van der Waals surface area contributed by atoms with Gasteiger partial charge in [0.2, 0.25) is 0 Å². The number of anilines is 2. The number of nitrogens with one attached hydrogen (secondary N) is 1. The topological polar surface area (TPSA) is 72.2 Å². The Labute approximate surface area is 119 Å². The Morgan fingerprint density at radius 1 is 1.00 bits per heavy atom. The molecule has 0 spiro atoms. The van der Waals surface area contributed by atoms with Crippen molar-refractivity contribution in [1.29, 1.82) is 0 Å². The molecule has 2 aromatic rings. The Kier molecular flexibility index (Phi) is 3.72. The molecule has 2 aromatic carbocycles. The van der Waals surface area contributed by atoms with Crippen LogP contribution in [0.25, 0.3) is 0 Å². The first-order valence-corrected chi connectivity index (χ1v) is 7.75. The molecule has 0 aliphatic rings. The van der Waals surface area contributed by atoms with Crippen LogP contribution in [0.3, 0.4) is 0 Å². The summed E-state index contributed by atoms with van der Waals surface area (Å²) in [6.07, 6.45) is 0. The van der Waals surface area contributed by atoms with Crippen molar-refractivity contribution in [2.24, 2.45) is 0 Å². The highest BCUT2D eigenvalue weighted by Crippen LogP contribution is 2.26. The number of hydrogen-bond donors (Lipinski definition) is 2. The number of aryl methyl sites for hydroxylation is 3. The SMILES string of the molecule is Cc1cc(C)c(NS(=O)(=O)c2ccccc2N)c(C)c1. The van der Waals surface area contributed by atoms with E-state index in [0.717, 1.165) is 16.7 Å². The number of nitrogens with two attached hydrogens (primary N) is 1. The fraction of sp³-hybridized carbons (Fsp3) is 0.200. The Balaban J connectivity index is 2.47. The van der Waals surface area contributed by atoms with E-state index < -0.39 is 10.0 Å². The minimum atomic E-state index is -3.68. The molecule has 0 radical (unpaired) electrons. The first kappa shape index (κ1) is 14.4. The summed E-state index contributed by atoms with van der Waals surface area (Å²) in [6.45, 7) is 5.74. The zero-order valence-corrected chi connectivity index (χ0v) is 12.6. The van der Waals surface area contributed by atoms with Crippen molar-refractivity contribution in [3.63, 3.8) is 0 Å². The van der Waals surface area contributed by atoms with Crippen molar-refractivity contribution >= 4 is 21.4 Å². The fourth-order valence-electron chi connectivity index (χ4n) is 2.26. The lowest BCUT2D eigenvalue weighted by Gasteiger charge is -2.15. The molecule has 0 amide bonds. The summed E-state index contributed by atoms with van der Waals surface area (Å²) in [5.74, 6) is 0. The lowest BCUT2D eigenvalue weighted by molar-refractivity contribution is 0.601. The highest BCUT2D eigenvalue weighted by molar-refractivity contribution is 7.92. The van der Waals surface area contributed by atoms with Crippen LogP contribution in [0.2, 0.25) is 0 Å². The van der Waals surface area contributed by atoms with E-state index in [0.29, 0.717) is 5.69 Å². The van der Waals surface area contributed by atoms with Crippen LogP contribution in [-0.4, -0.2) is 8.42 Å². The number of rotatable bonds is 3. The van der Waals surface area contributed by atoms with Crippen LogP contribution in [0.15, 0.2) is 41.3 Å². The minimum Gasteiger partial charge on any atom is -0.398 e. The van der Waals surface area contributed by atoms with Gasteiger partial charge in [0, 0.05) is 0 Å². The second-order valence-corrected chi connectivity index (χ2v) is 6.57. The van der Waals surface area contributed by atoms with E-state index in [4.69, 9.17) is 5.73 Å². The second kappa shape index (κ2) is 5.17. The van der Waals surface area contributed by atoms with Gasteiger partial charge in [0.05, 0.1) is 11.4 Å². The molecule has 0 bridgehead atoms. The van der Waals surface area contributed by atoms with Crippen molar-refractivity contribution < 1.29 is 8.42 Å². The van der Waals surface area contributed by atoms with Gasteiger partial charge in [0.15, 0.2) is 0 Å². The van der Waals surface area contributed by atoms with Gasteiger partial charge in [0.25, 0.3) is 10.0 Å². The third-order valence-corrected chi connectivity index (χ3v) is 4.55. The van der Waals surface area contributed by atoms with Gasteiger partial charge in [-0.2, -0.15) is 0 Å². The molecule has 20 heavy (non-hydrogen) atoms. The molecule has 0 aliphatic carbocycles. The molecule has 0 aliphatic heterocycles. The maximum absolute atomic E-state index is 12.4. The summed E-state index contributed by atoms with van der Waals surface area (Å²) in [4.78, 5) is 0.0966. The number of benzene rings is 2. The smallest absolute Gasteiger partial charge is 0.263 e. The molecular weight excluding hydrogens is 272 g/mol. The summed E-state index contributed by atoms with van der Waals surface area (Å²) in [5, 5.41) is 0. The molecule has 0 aromatic heterocycles. The Morgan fingerprint density at radius 3 is 2.10 bits per heavy atom. The lowest BCUT2D eigenvalue weighted by atomic mass is 10.1. The molecule has 0 heterocycles. The summed E-state index contributed by atoms with van der Waals surface area (Å²) in [5.41, 5.74) is 9.47. The molecule has 0 fully saturated rings. The predicted molar refractivity (Wildman–Crippen MR) is 82.3 cm³/mol. The maximum Gasteiger partial charge on any atom is 0.263 e. The summed E-state index contributed by atoms with van der Waals surface area (Å²) in [6, 6.07) is 10.3. The van der Waals surface area contributed by atoms with Crippen molar-refractivity contribution in [2.75, 3.05) is 10.5 Å². The van der Waals surface area contributed by atoms with E-state index in [1.54, 1.807) is 18.2 Å². The zero-order valence-electron chi connectivity index (χ0n) is 11.8. The fourth-order valence-corrected chi connectivity index (χ4v) is 3.59. The minimum absolute atomic E-state index is 0.0966. The summed E-state index contributed by atoms with van der Waals surface area (Å²) in [7, 11) is -3.68. The summed E-state index contributed by atoms with van der Waals surface area (Å²) >= 11 is 0. The van der Waals surface area contributed by atoms with E-state index in [1.807, 2.05) is 32.9 Å². The van der Waals surface area contributed by atoms with Crippen molar-refractivity contribution in [2.45, 2.75) is 25.7 Å². The standard InChI is InChI=1S/C15H18N2O2S/c1-10-8-11(2)15(12(3)9-10)17-20(18,19)14-7-5-4-6-13(14)16/h4-9,17H,16H2,1-3H3. The highest BCUT2D eigenvalue weighted by Gasteiger charge is 2.18. The van der Waals surface area contributed by atoms with Crippen LogP contribution in [-0.2, 0) is 10.0 Å². The monoisotopic (exact) mass is 290 g/mol. The third-order valence-electron chi connectivity index (χ3n) is 3.12. The molecule has 106 valence electrons. The Hall–Kier alpha value is -2.01. The molecule has 2 rings (SSSR count). The number of para-hydroxylation sites is 1. The van der Waals surface area contributed by atoms with Crippen LogP contribution >= 0.6 is 0 Å². The largest absolute Gasteiger partial charge is 0.398 e. The van der Waals surface area contributed by atoms with Crippen LogP contribution in [0, 0.1) is 20.8 Å². The van der Waals surface area contributed by atoms with Gasteiger partial charge in [-0.05, 0) is 44.0 Å². The normalized spacial score (nSPS) is 11.3. The summed E-state index contributed by atoms with van der Waals surface area (Å²) < 4.78 is 27.5. The Bertz CT molecular complexity index is 729. The van der Waals surface area contributed by atoms with Gasteiger partial charge in [-0.3, -0.25) is 4.72 Å². The average Bonchev–Trinajstić information content (AvgIpc) is 2.34. The van der Waals surface area contributed by atoms with E-state index in [2.05, 4.69) is 4.72 Å². The zero-order chi connectivity index (χ0) is 14.9. The highest BCUT2D eigenvalue weighted by atomic mass is 32.2. The number of hydrogen-bond acceptors (Lipinski definition) is 3. The second-order valence-electron chi connectivity index (χ2n) is 4.92. The quantitative estimate of drug-likeness (QED) is 0.854. The number of nitrogen functional groups attached to an aromatic ring is 1. The van der Waals surface area contributed by atoms with Gasteiger partial charge in [-0.1, -0.05) is 29.8 Å². The van der Waals surface area contributed by atoms with Gasteiger partial charge in [-0.15, -0.1) is 0 Å².